The molecule has 1 aromatic rings. The van der Waals surface area contributed by atoms with Gasteiger partial charge < -0.3 is 10.2 Å². The molecule has 0 saturated heterocycles. The lowest BCUT2D eigenvalue weighted by molar-refractivity contribution is 0.425. The molecule has 21 heavy (non-hydrogen) atoms. The fourth-order valence-electron chi connectivity index (χ4n) is 2.88. The van der Waals surface area contributed by atoms with Crippen molar-refractivity contribution >= 4 is 5.69 Å². The zero-order chi connectivity index (χ0) is 15.3. The summed E-state index contributed by atoms with van der Waals surface area (Å²) >= 11 is 0. The first-order valence-electron chi connectivity index (χ1n) is 7.99. The molecule has 114 valence electrons. The molecule has 1 N–H and O–H groups in total. The van der Waals surface area contributed by atoms with Crippen molar-refractivity contribution in [3.63, 3.8) is 0 Å². The molecule has 3 heteroatoms. The Bertz CT molecular complexity index is 501. The minimum Gasteiger partial charge on any atom is -0.370 e. The van der Waals surface area contributed by atoms with E-state index in [0.717, 1.165) is 38.9 Å². The smallest absolute Gasteiger partial charge is 0.0683 e. The van der Waals surface area contributed by atoms with E-state index in [-0.39, 0.29) is 5.41 Å². The van der Waals surface area contributed by atoms with E-state index in [1.807, 2.05) is 13.8 Å². The van der Waals surface area contributed by atoms with Crippen molar-refractivity contribution in [3.8, 4) is 6.07 Å². The molecule has 0 amide bonds. The Morgan fingerprint density at radius 2 is 2.10 bits per heavy atom. The van der Waals surface area contributed by atoms with E-state index in [4.69, 9.17) is 5.26 Å². The largest absolute Gasteiger partial charge is 0.370 e. The fourth-order valence-corrected chi connectivity index (χ4v) is 2.88. The molecule has 0 bridgehead atoms. The molecule has 0 saturated carbocycles. The normalized spacial score (nSPS) is 18.8. The fraction of sp³-hybridized carbons (Fsp3) is 0.611. The van der Waals surface area contributed by atoms with Crippen LogP contribution in [0.5, 0.6) is 0 Å². The number of anilines is 1. The van der Waals surface area contributed by atoms with Crippen LogP contribution in [0.15, 0.2) is 24.3 Å². The molecule has 1 aromatic carbocycles. The first kappa shape index (κ1) is 15.9. The first-order chi connectivity index (χ1) is 10.0. The number of benzene rings is 1. The van der Waals surface area contributed by atoms with Gasteiger partial charge in [-0.05, 0) is 45.2 Å². The SMILES string of the molecule is CC1CN(CCCCC(C)(C)C#N)c2ccccc2CN1. The van der Waals surface area contributed by atoms with E-state index in [1.54, 1.807) is 0 Å². The summed E-state index contributed by atoms with van der Waals surface area (Å²) in [4.78, 5) is 2.50. The molecule has 0 aromatic heterocycles. The molecular formula is C18H27N3. The van der Waals surface area contributed by atoms with Crippen molar-refractivity contribution in [2.45, 2.75) is 52.6 Å². The average molecular weight is 285 g/mol. The maximum Gasteiger partial charge on any atom is 0.0683 e. The summed E-state index contributed by atoms with van der Waals surface area (Å²) in [6.07, 6.45) is 3.24. The molecule has 1 aliphatic heterocycles. The zero-order valence-electron chi connectivity index (χ0n) is 13.5. The van der Waals surface area contributed by atoms with Crippen LogP contribution in [0.25, 0.3) is 0 Å². The molecule has 0 fully saturated rings. The lowest BCUT2D eigenvalue weighted by Gasteiger charge is -2.27. The predicted molar refractivity (Wildman–Crippen MR) is 88.2 cm³/mol. The minimum atomic E-state index is -0.189. The van der Waals surface area contributed by atoms with Crippen LogP contribution >= 0.6 is 0 Å². The van der Waals surface area contributed by atoms with Crippen LogP contribution in [0, 0.1) is 16.7 Å². The highest BCUT2D eigenvalue weighted by atomic mass is 15.2. The van der Waals surface area contributed by atoms with Crippen molar-refractivity contribution < 1.29 is 0 Å². The second kappa shape index (κ2) is 6.95. The third-order valence-corrected chi connectivity index (χ3v) is 4.25. The second-order valence-corrected chi connectivity index (χ2v) is 6.81. The van der Waals surface area contributed by atoms with Crippen molar-refractivity contribution in [3.05, 3.63) is 29.8 Å². The van der Waals surface area contributed by atoms with E-state index in [1.165, 1.54) is 11.3 Å². The lowest BCUT2D eigenvalue weighted by Crippen LogP contribution is -2.36. The molecule has 0 spiro atoms. The van der Waals surface area contributed by atoms with Crippen LogP contribution in [0.4, 0.5) is 5.69 Å². The molecule has 2 rings (SSSR count). The van der Waals surface area contributed by atoms with Gasteiger partial charge in [0, 0.05) is 31.4 Å². The monoisotopic (exact) mass is 285 g/mol. The Morgan fingerprint density at radius 1 is 1.33 bits per heavy atom. The van der Waals surface area contributed by atoms with Crippen molar-refractivity contribution in [2.24, 2.45) is 5.41 Å². The maximum atomic E-state index is 9.08. The predicted octanol–water partition coefficient (Wildman–Crippen LogP) is 3.70. The number of hydrogen-bond acceptors (Lipinski definition) is 3. The third-order valence-electron chi connectivity index (χ3n) is 4.25. The first-order valence-corrected chi connectivity index (χ1v) is 7.99. The second-order valence-electron chi connectivity index (χ2n) is 6.81. The Kier molecular flexibility index (Phi) is 5.25. The van der Waals surface area contributed by atoms with E-state index in [9.17, 15) is 0 Å². The lowest BCUT2D eigenvalue weighted by atomic mass is 9.89. The van der Waals surface area contributed by atoms with Crippen molar-refractivity contribution in [2.75, 3.05) is 18.0 Å². The van der Waals surface area contributed by atoms with Crippen LogP contribution in [0.1, 0.15) is 45.6 Å². The van der Waals surface area contributed by atoms with Gasteiger partial charge in [0.05, 0.1) is 11.5 Å². The van der Waals surface area contributed by atoms with Gasteiger partial charge in [-0.1, -0.05) is 24.6 Å². The van der Waals surface area contributed by atoms with Crippen LogP contribution in [-0.2, 0) is 6.54 Å². The number of para-hydroxylation sites is 1. The summed E-state index contributed by atoms with van der Waals surface area (Å²) in [5.41, 5.74) is 2.57. The van der Waals surface area contributed by atoms with Crippen molar-refractivity contribution in [1.29, 1.82) is 5.26 Å². The molecule has 1 atom stereocenters. The molecule has 1 heterocycles. The molecular weight excluding hydrogens is 258 g/mol. The van der Waals surface area contributed by atoms with Crippen LogP contribution in [-0.4, -0.2) is 19.1 Å². The minimum absolute atomic E-state index is 0.189. The summed E-state index contributed by atoms with van der Waals surface area (Å²) in [6, 6.07) is 11.6. The van der Waals surface area contributed by atoms with Gasteiger partial charge >= 0.3 is 0 Å². The molecule has 0 radical (unpaired) electrons. The summed E-state index contributed by atoms with van der Waals surface area (Å²) in [6.45, 7) is 9.39. The Morgan fingerprint density at radius 3 is 2.86 bits per heavy atom. The van der Waals surface area contributed by atoms with Crippen molar-refractivity contribution in [1.82, 2.24) is 5.32 Å². The van der Waals surface area contributed by atoms with E-state index >= 15 is 0 Å². The Hall–Kier alpha value is -1.53. The molecule has 0 aliphatic carbocycles. The molecule has 1 aliphatic rings. The van der Waals surface area contributed by atoms with E-state index in [0.29, 0.717) is 6.04 Å². The number of nitrogens with one attached hydrogen (secondary N) is 1. The van der Waals surface area contributed by atoms with Gasteiger partial charge in [0.15, 0.2) is 0 Å². The van der Waals surface area contributed by atoms with Gasteiger partial charge in [0.2, 0.25) is 0 Å². The van der Waals surface area contributed by atoms with Crippen LogP contribution in [0.3, 0.4) is 0 Å². The zero-order valence-corrected chi connectivity index (χ0v) is 13.5. The number of rotatable bonds is 5. The number of nitrogens with zero attached hydrogens (tertiary/aromatic N) is 2. The van der Waals surface area contributed by atoms with Crippen LogP contribution in [0.2, 0.25) is 0 Å². The summed E-state index contributed by atoms with van der Waals surface area (Å²) in [7, 11) is 0. The highest BCUT2D eigenvalue weighted by molar-refractivity contribution is 5.54. The average Bonchev–Trinajstić information content (AvgIpc) is 2.64. The third kappa shape index (κ3) is 4.47. The Labute approximate surface area is 129 Å². The number of fused-ring (bicyclic) bond motifs is 1. The van der Waals surface area contributed by atoms with Gasteiger partial charge in [-0.15, -0.1) is 0 Å². The van der Waals surface area contributed by atoms with Gasteiger partial charge in [-0.2, -0.15) is 5.26 Å². The number of hydrogen-bond donors (Lipinski definition) is 1. The molecule has 3 nitrogen and oxygen atoms in total. The van der Waals surface area contributed by atoms with Crippen LogP contribution < -0.4 is 10.2 Å². The summed E-state index contributed by atoms with van der Waals surface area (Å²) < 4.78 is 0. The maximum absolute atomic E-state index is 9.08. The highest BCUT2D eigenvalue weighted by Crippen LogP contribution is 2.25. The summed E-state index contributed by atoms with van der Waals surface area (Å²) in [5.74, 6) is 0. The van der Waals surface area contributed by atoms with Gasteiger partial charge in [-0.25, -0.2) is 0 Å². The topological polar surface area (TPSA) is 39.1 Å². The highest BCUT2D eigenvalue weighted by Gasteiger charge is 2.19. The molecule has 1 unspecified atom stereocenters. The van der Waals surface area contributed by atoms with Gasteiger partial charge in [0.25, 0.3) is 0 Å². The standard InChI is InChI=1S/C18H27N3/c1-15-13-21(11-7-6-10-18(2,3)14-19)17-9-5-4-8-16(17)12-20-15/h4-5,8-9,15,20H,6-7,10-13H2,1-3H3. The van der Waals surface area contributed by atoms with E-state index in [2.05, 4.69) is 47.5 Å². The number of unbranched alkanes of at least 4 members (excludes halogenated alkanes) is 1. The Balaban J connectivity index is 1.94. The van der Waals surface area contributed by atoms with Gasteiger partial charge in [0.1, 0.15) is 0 Å². The van der Waals surface area contributed by atoms with Gasteiger partial charge in [-0.3, -0.25) is 0 Å². The summed E-state index contributed by atoms with van der Waals surface area (Å²) in [5, 5.41) is 12.6. The van der Waals surface area contributed by atoms with E-state index < -0.39 is 0 Å². The quantitative estimate of drug-likeness (QED) is 0.838. The number of nitriles is 1.